The standard InChI is InChI=1S/C20H21N3O4/c1-13-17(10-21)19(24)23(12-16-4-3-9-27-16)20(25)18(13)11-22-14-5-7-15(26-2)8-6-14/h5-8,11,16,25H,3-4,9,12H2,1-2H3. The van der Waals surface area contributed by atoms with Gasteiger partial charge in [-0.15, -0.1) is 0 Å². The highest BCUT2D eigenvalue weighted by Crippen LogP contribution is 2.24. The van der Waals surface area contributed by atoms with E-state index in [0.29, 0.717) is 29.2 Å². The molecule has 3 rings (SSSR count). The summed E-state index contributed by atoms with van der Waals surface area (Å²) in [7, 11) is 1.58. The maximum atomic E-state index is 12.6. The zero-order valence-electron chi connectivity index (χ0n) is 15.3. The van der Waals surface area contributed by atoms with Crippen LogP contribution in [0.1, 0.15) is 29.5 Å². The molecule has 2 heterocycles. The van der Waals surface area contributed by atoms with Gasteiger partial charge in [0.2, 0.25) is 5.88 Å². The van der Waals surface area contributed by atoms with Gasteiger partial charge in [0.05, 0.1) is 31.0 Å². The summed E-state index contributed by atoms with van der Waals surface area (Å²) in [6, 6.07) is 9.04. The van der Waals surface area contributed by atoms with E-state index in [9.17, 15) is 15.2 Å². The average molecular weight is 367 g/mol. The lowest BCUT2D eigenvalue weighted by Crippen LogP contribution is -2.29. The van der Waals surface area contributed by atoms with Crippen molar-refractivity contribution in [3.8, 4) is 17.7 Å². The van der Waals surface area contributed by atoms with Gasteiger partial charge < -0.3 is 14.6 Å². The molecule has 7 nitrogen and oxygen atoms in total. The summed E-state index contributed by atoms with van der Waals surface area (Å²) in [5.74, 6) is 0.508. The van der Waals surface area contributed by atoms with Crippen molar-refractivity contribution in [3.05, 3.63) is 51.3 Å². The van der Waals surface area contributed by atoms with E-state index < -0.39 is 5.56 Å². The Labute approximate surface area is 157 Å². The van der Waals surface area contributed by atoms with Crippen LogP contribution in [0.25, 0.3) is 0 Å². The lowest BCUT2D eigenvalue weighted by Gasteiger charge is -2.17. The fourth-order valence-corrected chi connectivity index (χ4v) is 3.09. The van der Waals surface area contributed by atoms with Crippen LogP contribution in [0.5, 0.6) is 11.6 Å². The number of hydrogen-bond donors (Lipinski definition) is 1. The highest BCUT2D eigenvalue weighted by Gasteiger charge is 2.22. The minimum absolute atomic E-state index is 0.00183. The van der Waals surface area contributed by atoms with E-state index in [0.717, 1.165) is 12.8 Å². The Bertz CT molecular complexity index is 949. The summed E-state index contributed by atoms with van der Waals surface area (Å²) in [5, 5.41) is 20.1. The number of benzene rings is 1. The molecule has 0 spiro atoms. The molecule has 2 aromatic rings. The average Bonchev–Trinajstić information content (AvgIpc) is 3.19. The van der Waals surface area contributed by atoms with Crippen LogP contribution in [0.4, 0.5) is 5.69 Å². The molecule has 27 heavy (non-hydrogen) atoms. The molecule has 0 saturated carbocycles. The van der Waals surface area contributed by atoms with E-state index in [2.05, 4.69) is 4.99 Å². The van der Waals surface area contributed by atoms with Crippen molar-refractivity contribution in [2.75, 3.05) is 13.7 Å². The van der Waals surface area contributed by atoms with Crippen LogP contribution in [-0.4, -0.2) is 35.7 Å². The van der Waals surface area contributed by atoms with Crippen LogP contribution in [0.3, 0.4) is 0 Å². The Morgan fingerprint density at radius 2 is 2.19 bits per heavy atom. The zero-order chi connectivity index (χ0) is 19.4. The molecule has 0 amide bonds. The third-order valence-electron chi connectivity index (χ3n) is 4.67. The molecular formula is C20H21N3O4. The molecule has 140 valence electrons. The molecule has 1 fully saturated rings. The van der Waals surface area contributed by atoms with Gasteiger partial charge in [0.1, 0.15) is 17.4 Å². The number of methoxy groups -OCH3 is 1. The molecule has 7 heteroatoms. The first-order valence-corrected chi connectivity index (χ1v) is 8.71. The number of pyridine rings is 1. The normalized spacial score (nSPS) is 16.6. The predicted molar refractivity (Wildman–Crippen MR) is 101 cm³/mol. The minimum Gasteiger partial charge on any atom is -0.497 e. The predicted octanol–water partition coefficient (Wildman–Crippen LogP) is 2.67. The van der Waals surface area contributed by atoms with Crippen molar-refractivity contribution in [1.29, 1.82) is 5.26 Å². The fourth-order valence-electron chi connectivity index (χ4n) is 3.09. The second-order valence-electron chi connectivity index (χ2n) is 6.36. The SMILES string of the molecule is COc1ccc(N=Cc2c(C)c(C#N)c(=O)n(CC3CCCO3)c2O)cc1. The molecule has 1 aliphatic heterocycles. The number of aromatic hydroxyl groups is 1. The number of hydrogen-bond acceptors (Lipinski definition) is 6. The summed E-state index contributed by atoms with van der Waals surface area (Å²) in [6.07, 6.45) is 3.06. The Morgan fingerprint density at radius 1 is 1.44 bits per heavy atom. The molecule has 1 aromatic carbocycles. The first-order valence-electron chi connectivity index (χ1n) is 8.71. The van der Waals surface area contributed by atoms with Crippen molar-refractivity contribution in [1.82, 2.24) is 4.57 Å². The second-order valence-corrected chi connectivity index (χ2v) is 6.36. The van der Waals surface area contributed by atoms with Crippen molar-refractivity contribution < 1.29 is 14.6 Å². The van der Waals surface area contributed by atoms with Crippen molar-refractivity contribution >= 4 is 11.9 Å². The molecule has 1 aromatic heterocycles. The number of nitrogens with zero attached hydrogens (tertiary/aromatic N) is 3. The smallest absolute Gasteiger partial charge is 0.271 e. The highest BCUT2D eigenvalue weighted by molar-refractivity contribution is 5.87. The zero-order valence-corrected chi connectivity index (χ0v) is 15.3. The highest BCUT2D eigenvalue weighted by atomic mass is 16.5. The molecule has 1 saturated heterocycles. The van der Waals surface area contributed by atoms with Gasteiger partial charge in [-0.3, -0.25) is 14.4 Å². The van der Waals surface area contributed by atoms with E-state index in [1.54, 1.807) is 38.3 Å². The minimum atomic E-state index is -0.510. The number of ether oxygens (including phenoxy) is 2. The molecule has 0 bridgehead atoms. The van der Waals surface area contributed by atoms with E-state index in [1.165, 1.54) is 10.8 Å². The lowest BCUT2D eigenvalue weighted by molar-refractivity contribution is 0.0938. The molecule has 1 aliphatic rings. The second kappa shape index (κ2) is 8.06. The molecule has 0 aliphatic carbocycles. The summed E-state index contributed by atoms with van der Waals surface area (Å²) in [5.41, 5.74) is 0.900. The monoisotopic (exact) mass is 367 g/mol. The largest absolute Gasteiger partial charge is 0.497 e. The number of aliphatic imine (C=N–C) groups is 1. The van der Waals surface area contributed by atoms with Crippen molar-refractivity contribution in [2.24, 2.45) is 4.99 Å². The fraction of sp³-hybridized carbons (Fsp3) is 0.350. The number of nitriles is 1. The summed E-state index contributed by atoms with van der Waals surface area (Å²) >= 11 is 0. The maximum Gasteiger partial charge on any atom is 0.271 e. The Hall–Kier alpha value is -3.11. The Balaban J connectivity index is 2.01. The van der Waals surface area contributed by atoms with Gasteiger partial charge >= 0.3 is 0 Å². The molecule has 1 unspecified atom stereocenters. The van der Waals surface area contributed by atoms with E-state index in [4.69, 9.17) is 9.47 Å². The third kappa shape index (κ3) is 3.86. The molecule has 0 radical (unpaired) electrons. The van der Waals surface area contributed by atoms with Gasteiger partial charge in [0.15, 0.2) is 0 Å². The quantitative estimate of drug-likeness (QED) is 0.820. The Kier molecular flexibility index (Phi) is 5.57. The summed E-state index contributed by atoms with van der Waals surface area (Å²) in [4.78, 5) is 16.9. The van der Waals surface area contributed by atoms with Crippen molar-refractivity contribution in [2.45, 2.75) is 32.4 Å². The van der Waals surface area contributed by atoms with Crippen LogP contribution in [0, 0.1) is 18.3 Å². The molecule has 1 atom stereocenters. The maximum absolute atomic E-state index is 12.6. The van der Waals surface area contributed by atoms with Crippen LogP contribution in [0.15, 0.2) is 34.1 Å². The van der Waals surface area contributed by atoms with Gasteiger partial charge in [-0.2, -0.15) is 5.26 Å². The van der Waals surface area contributed by atoms with Gasteiger partial charge in [-0.1, -0.05) is 0 Å². The summed E-state index contributed by atoms with van der Waals surface area (Å²) < 4.78 is 11.9. The van der Waals surface area contributed by atoms with Crippen LogP contribution in [0.2, 0.25) is 0 Å². The lowest BCUT2D eigenvalue weighted by atomic mass is 10.1. The first-order chi connectivity index (χ1) is 13.0. The van der Waals surface area contributed by atoms with Crippen LogP contribution >= 0.6 is 0 Å². The third-order valence-corrected chi connectivity index (χ3v) is 4.67. The van der Waals surface area contributed by atoms with Gasteiger partial charge in [0.25, 0.3) is 5.56 Å². The van der Waals surface area contributed by atoms with Gasteiger partial charge in [0, 0.05) is 12.8 Å². The van der Waals surface area contributed by atoms with E-state index in [1.807, 2.05) is 6.07 Å². The Morgan fingerprint density at radius 3 is 2.78 bits per heavy atom. The topological polar surface area (TPSA) is 96.8 Å². The number of aromatic nitrogens is 1. The first kappa shape index (κ1) is 18.7. The van der Waals surface area contributed by atoms with E-state index >= 15 is 0 Å². The van der Waals surface area contributed by atoms with Gasteiger partial charge in [-0.05, 0) is 49.6 Å². The van der Waals surface area contributed by atoms with Gasteiger partial charge in [-0.25, -0.2) is 0 Å². The van der Waals surface area contributed by atoms with Crippen LogP contribution in [-0.2, 0) is 11.3 Å². The number of rotatable bonds is 5. The molecular weight excluding hydrogens is 346 g/mol. The molecule has 1 N–H and O–H groups in total. The van der Waals surface area contributed by atoms with Crippen LogP contribution < -0.4 is 10.3 Å². The van der Waals surface area contributed by atoms with Crippen molar-refractivity contribution in [3.63, 3.8) is 0 Å². The summed E-state index contributed by atoms with van der Waals surface area (Å²) in [6.45, 7) is 2.48. The van der Waals surface area contributed by atoms with E-state index in [-0.39, 0.29) is 24.1 Å².